The summed E-state index contributed by atoms with van der Waals surface area (Å²) in [6, 6.07) is 17.3. The Kier molecular flexibility index (Phi) is 3.99. The normalized spacial score (nSPS) is 25.9. The molecule has 0 amide bonds. The van der Waals surface area contributed by atoms with E-state index in [2.05, 4.69) is 0 Å². The van der Waals surface area contributed by atoms with Gasteiger partial charge in [0.15, 0.2) is 0 Å². The molecule has 0 saturated carbocycles. The third-order valence-corrected chi connectivity index (χ3v) is 5.04. The number of hydrogen-bond donors (Lipinski definition) is 1. The molecule has 0 bridgehead atoms. The summed E-state index contributed by atoms with van der Waals surface area (Å²) < 4.78 is 5.16. The van der Waals surface area contributed by atoms with E-state index in [0.29, 0.717) is 12.8 Å². The van der Waals surface area contributed by atoms with Gasteiger partial charge in [-0.3, -0.25) is 4.79 Å². The van der Waals surface area contributed by atoms with Gasteiger partial charge in [-0.1, -0.05) is 67.9 Å². The van der Waals surface area contributed by atoms with Crippen molar-refractivity contribution in [3.8, 4) is 0 Å². The van der Waals surface area contributed by atoms with E-state index in [1.165, 1.54) is 7.11 Å². The summed E-state index contributed by atoms with van der Waals surface area (Å²) in [5.74, 6) is -0.365. The highest BCUT2D eigenvalue weighted by Gasteiger charge is 2.62. The number of hydrogen-bond acceptors (Lipinski definition) is 3. The molecule has 1 aliphatic rings. The van der Waals surface area contributed by atoms with Crippen molar-refractivity contribution in [2.24, 2.45) is 0 Å². The van der Waals surface area contributed by atoms with Crippen LogP contribution in [0.5, 0.6) is 0 Å². The summed E-state index contributed by atoms with van der Waals surface area (Å²) in [6.07, 6.45) is 1.74. The summed E-state index contributed by atoms with van der Waals surface area (Å²) in [5, 5.41) is 11.7. The van der Waals surface area contributed by atoms with Crippen LogP contribution >= 0.6 is 0 Å². The number of carbonyl (C=O) groups is 1. The lowest BCUT2D eigenvalue weighted by Crippen LogP contribution is -2.52. The first-order valence-corrected chi connectivity index (χ1v) is 8.05. The smallest absolute Gasteiger partial charge is 0.319 e. The molecule has 0 radical (unpaired) electrons. The minimum Gasteiger partial charge on any atom is -0.468 e. The summed E-state index contributed by atoms with van der Waals surface area (Å²) >= 11 is 0. The van der Waals surface area contributed by atoms with Crippen LogP contribution in [0, 0.1) is 0 Å². The average molecular weight is 310 g/mol. The zero-order chi connectivity index (χ0) is 16.5. The zero-order valence-electron chi connectivity index (χ0n) is 13.6. The number of benzene rings is 2. The molecule has 0 spiro atoms. The molecule has 0 aromatic heterocycles. The molecule has 0 aliphatic heterocycles. The van der Waals surface area contributed by atoms with E-state index in [9.17, 15) is 9.90 Å². The van der Waals surface area contributed by atoms with Crippen LogP contribution in [0.15, 0.2) is 54.6 Å². The standard InChI is InChI=1S/C20H22O3/c1-3-13-19(18(21)23-2)17-12-8-7-9-15(17)14-20(19,22)16-10-5-4-6-11-16/h4-12,22H,3,13-14H2,1-2H3/t19-,20+/m0/s1. The predicted octanol–water partition coefficient (Wildman–Crippen LogP) is 3.34. The second kappa shape index (κ2) is 5.82. The summed E-state index contributed by atoms with van der Waals surface area (Å²) in [4.78, 5) is 12.9. The number of aliphatic hydroxyl groups is 1. The molecule has 2 aromatic carbocycles. The molecule has 3 rings (SSSR count). The number of carbonyl (C=O) groups excluding carboxylic acids is 1. The van der Waals surface area contributed by atoms with Gasteiger partial charge in [-0.15, -0.1) is 0 Å². The molecule has 1 N–H and O–H groups in total. The quantitative estimate of drug-likeness (QED) is 0.881. The van der Waals surface area contributed by atoms with Gasteiger partial charge < -0.3 is 9.84 Å². The van der Waals surface area contributed by atoms with Crippen LogP contribution in [0.1, 0.15) is 36.5 Å². The molecule has 2 atom stereocenters. The minimum absolute atomic E-state index is 0.365. The summed E-state index contributed by atoms with van der Waals surface area (Å²) in [5.41, 5.74) is 0.308. The van der Waals surface area contributed by atoms with Gasteiger partial charge in [0.05, 0.1) is 7.11 Å². The largest absolute Gasteiger partial charge is 0.468 e. The first kappa shape index (κ1) is 15.8. The van der Waals surface area contributed by atoms with Crippen LogP contribution in [0.25, 0.3) is 0 Å². The number of esters is 1. The molecule has 0 unspecified atom stereocenters. The van der Waals surface area contributed by atoms with Gasteiger partial charge in [0.1, 0.15) is 11.0 Å². The third-order valence-electron chi connectivity index (χ3n) is 5.04. The SMILES string of the molecule is CCC[C@@]1(C(=O)OC)c2ccccc2C[C@@]1(O)c1ccccc1. The Morgan fingerprint density at radius 2 is 1.78 bits per heavy atom. The lowest BCUT2D eigenvalue weighted by molar-refractivity contribution is -0.161. The molecule has 0 heterocycles. The zero-order valence-corrected chi connectivity index (χ0v) is 13.6. The Morgan fingerprint density at radius 3 is 2.43 bits per heavy atom. The maximum absolute atomic E-state index is 12.9. The monoisotopic (exact) mass is 310 g/mol. The Balaban J connectivity index is 2.29. The van der Waals surface area contributed by atoms with E-state index < -0.39 is 11.0 Å². The van der Waals surface area contributed by atoms with E-state index in [-0.39, 0.29) is 5.97 Å². The molecule has 3 heteroatoms. The van der Waals surface area contributed by atoms with Crippen molar-refractivity contribution in [1.82, 2.24) is 0 Å². The van der Waals surface area contributed by atoms with Gasteiger partial charge >= 0.3 is 5.97 Å². The minimum atomic E-state index is -1.29. The fraction of sp³-hybridized carbons (Fsp3) is 0.350. The summed E-state index contributed by atoms with van der Waals surface area (Å²) in [6.45, 7) is 2.02. The number of rotatable bonds is 4. The second-order valence-electron chi connectivity index (χ2n) is 6.21. The Morgan fingerprint density at radius 1 is 1.13 bits per heavy atom. The van der Waals surface area contributed by atoms with Crippen molar-refractivity contribution in [2.75, 3.05) is 7.11 Å². The van der Waals surface area contributed by atoms with Gasteiger partial charge in [0.2, 0.25) is 0 Å². The Bertz CT molecular complexity index is 710. The van der Waals surface area contributed by atoms with E-state index in [1.54, 1.807) is 0 Å². The lowest BCUT2D eigenvalue weighted by atomic mass is 9.65. The molecule has 2 aromatic rings. The number of ether oxygens (including phenoxy) is 1. The first-order valence-electron chi connectivity index (χ1n) is 8.05. The summed E-state index contributed by atoms with van der Waals surface area (Å²) in [7, 11) is 1.39. The van der Waals surface area contributed by atoms with E-state index in [4.69, 9.17) is 4.74 Å². The van der Waals surface area contributed by atoms with Crippen molar-refractivity contribution >= 4 is 5.97 Å². The fourth-order valence-corrected chi connectivity index (χ4v) is 4.07. The van der Waals surface area contributed by atoms with Gasteiger partial charge in [0.25, 0.3) is 0 Å². The molecule has 1 aliphatic carbocycles. The van der Waals surface area contributed by atoms with Crippen LogP contribution < -0.4 is 0 Å². The third kappa shape index (κ3) is 2.11. The highest BCUT2D eigenvalue weighted by atomic mass is 16.5. The van der Waals surface area contributed by atoms with Crippen molar-refractivity contribution in [1.29, 1.82) is 0 Å². The average Bonchev–Trinajstić information content (AvgIpc) is 2.86. The topological polar surface area (TPSA) is 46.5 Å². The van der Waals surface area contributed by atoms with Gasteiger partial charge in [-0.2, -0.15) is 0 Å². The number of fused-ring (bicyclic) bond motifs is 1. The molecule has 0 fully saturated rings. The molecule has 23 heavy (non-hydrogen) atoms. The van der Waals surface area contributed by atoms with Crippen LogP contribution in [0.2, 0.25) is 0 Å². The van der Waals surface area contributed by atoms with Crippen LogP contribution in [-0.4, -0.2) is 18.2 Å². The molecular formula is C20H22O3. The number of methoxy groups -OCH3 is 1. The Hall–Kier alpha value is -2.13. The molecule has 0 saturated heterocycles. The van der Waals surface area contributed by atoms with Gasteiger partial charge in [-0.05, 0) is 23.1 Å². The predicted molar refractivity (Wildman–Crippen MR) is 89.1 cm³/mol. The molecule has 3 nitrogen and oxygen atoms in total. The first-order chi connectivity index (χ1) is 11.1. The Labute approximate surface area is 136 Å². The van der Waals surface area contributed by atoms with Crippen LogP contribution in [0.3, 0.4) is 0 Å². The van der Waals surface area contributed by atoms with Crippen LogP contribution in [-0.2, 0) is 27.0 Å². The maximum Gasteiger partial charge on any atom is 0.319 e. The second-order valence-corrected chi connectivity index (χ2v) is 6.21. The van der Waals surface area contributed by atoms with E-state index in [0.717, 1.165) is 23.1 Å². The maximum atomic E-state index is 12.9. The lowest BCUT2D eigenvalue weighted by Gasteiger charge is -2.41. The van der Waals surface area contributed by atoms with Gasteiger partial charge in [0, 0.05) is 6.42 Å². The van der Waals surface area contributed by atoms with E-state index in [1.807, 2.05) is 61.5 Å². The van der Waals surface area contributed by atoms with Gasteiger partial charge in [-0.25, -0.2) is 0 Å². The van der Waals surface area contributed by atoms with Crippen LogP contribution in [0.4, 0.5) is 0 Å². The fourth-order valence-electron chi connectivity index (χ4n) is 4.07. The van der Waals surface area contributed by atoms with Crippen molar-refractivity contribution in [2.45, 2.75) is 37.2 Å². The van der Waals surface area contributed by atoms with Crippen molar-refractivity contribution in [3.05, 3.63) is 71.3 Å². The molecule has 120 valence electrons. The highest BCUT2D eigenvalue weighted by molar-refractivity contribution is 5.87. The van der Waals surface area contributed by atoms with E-state index >= 15 is 0 Å². The highest BCUT2D eigenvalue weighted by Crippen LogP contribution is 2.54. The molecular weight excluding hydrogens is 288 g/mol. The van der Waals surface area contributed by atoms with Crippen molar-refractivity contribution < 1.29 is 14.6 Å². The van der Waals surface area contributed by atoms with Crippen molar-refractivity contribution in [3.63, 3.8) is 0 Å².